The molecule has 0 aliphatic carbocycles. The van der Waals surface area contributed by atoms with Gasteiger partial charge >= 0.3 is 0 Å². The van der Waals surface area contributed by atoms with Crippen LogP contribution >= 0.6 is 0 Å². The average Bonchev–Trinajstić information content (AvgIpc) is 2.28. The second-order valence-electron chi connectivity index (χ2n) is 2.85. The van der Waals surface area contributed by atoms with Gasteiger partial charge in [-0.15, -0.1) is 6.58 Å². The third-order valence-corrected chi connectivity index (χ3v) is 1.73. The van der Waals surface area contributed by atoms with Crippen molar-refractivity contribution in [2.45, 2.75) is 41.0 Å². The van der Waals surface area contributed by atoms with Crippen LogP contribution in [0.1, 0.15) is 41.0 Å². The molecule has 1 heteroatoms. The molecule has 0 saturated heterocycles. The van der Waals surface area contributed by atoms with E-state index in [0.29, 0.717) is 5.92 Å². The van der Waals surface area contributed by atoms with Gasteiger partial charge in [0.25, 0.3) is 0 Å². The van der Waals surface area contributed by atoms with E-state index in [2.05, 4.69) is 32.3 Å². The zero-order valence-electron chi connectivity index (χ0n) is 11.4. The number of rotatable bonds is 4. The summed E-state index contributed by atoms with van der Waals surface area (Å²) in [6, 6.07) is 0. The summed E-state index contributed by atoms with van der Waals surface area (Å²) in [5.41, 5.74) is 1.28. The monoisotopic (exact) mass is 211 g/mol. The van der Waals surface area contributed by atoms with Crippen LogP contribution in [0.3, 0.4) is 0 Å². The minimum atomic E-state index is 0.616. The Morgan fingerprint density at radius 3 is 1.93 bits per heavy atom. The van der Waals surface area contributed by atoms with Crippen molar-refractivity contribution < 1.29 is 0 Å². The van der Waals surface area contributed by atoms with E-state index >= 15 is 0 Å². The summed E-state index contributed by atoms with van der Waals surface area (Å²) in [4.78, 5) is 0. The lowest BCUT2D eigenvalue weighted by Gasteiger charge is -2.08. The molecule has 0 spiro atoms. The standard InChI is InChI=1S/C9H17N.C3H6.C2H6/c1-5-8(3)9(6-2)7-10-4;1-3-2;1-2/h6-8,10H,2,5H2,1,3-4H3;3H,1H2,2H3;1-2H3/b9-7-;;. The minimum absolute atomic E-state index is 0.616. The van der Waals surface area contributed by atoms with Crippen molar-refractivity contribution in [2.24, 2.45) is 5.92 Å². The fourth-order valence-electron chi connectivity index (χ4n) is 0.805. The van der Waals surface area contributed by atoms with E-state index in [1.807, 2.05) is 40.1 Å². The lowest BCUT2D eigenvalue weighted by Crippen LogP contribution is -2.01. The molecule has 1 nitrogen and oxygen atoms in total. The molecule has 1 unspecified atom stereocenters. The van der Waals surface area contributed by atoms with Crippen molar-refractivity contribution in [2.75, 3.05) is 7.05 Å². The highest BCUT2D eigenvalue weighted by molar-refractivity contribution is 5.17. The van der Waals surface area contributed by atoms with Crippen LogP contribution in [0.4, 0.5) is 0 Å². The first-order valence-corrected chi connectivity index (χ1v) is 5.74. The van der Waals surface area contributed by atoms with Crippen molar-refractivity contribution in [3.63, 3.8) is 0 Å². The van der Waals surface area contributed by atoms with Gasteiger partial charge in [-0.2, -0.15) is 0 Å². The number of hydrogen-bond acceptors (Lipinski definition) is 1. The van der Waals surface area contributed by atoms with Gasteiger partial charge in [0.15, 0.2) is 0 Å². The van der Waals surface area contributed by atoms with Crippen LogP contribution in [0, 0.1) is 5.92 Å². The summed E-state index contributed by atoms with van der Waals surface area (Å²) in [6.07, 6.45) is 6.82. The highest BCUT2D eigenvalue weighted by Crippen LogP contribution is 2.13. The zero-order valence-corrected chi connectivity index (χ0v) is 11.4. The van der Waals surface area contributed by atoms with Crippen LogP contribution in [0.5, 0.6) is 0 Å². The molecule has 1 atom stereocenters. The topological polar surface area (TPSA) is 12.0 Å². The normalized spacial score (nSPS) is 10.9. The summed E-state index contributed by atoms with van der Waals surface area (Å²) in [5, 5.41) is 3.00. The third-order valence-electron chi connectivity index (χ3n) is 1.73. The first kappa shape index (κ1) is 19.6. The number of hydrogen-bond donors (Lipinski definition) is 1. The molecule has 0 amide bonds. The van der Waals surface area contributed by atoms with E-state index in [1.54, 1.807) is 6.08 Å². The van der Waals surface area contributed by atoms with E-state index in [4.69, 9.17) is 0 Å². The molecule has 0 radical (unpaired) electrons. The number of allylic oxidation sites excluding steroid dienone is 3. The Morgan fingerprint density at radius 1 is 1.33 bits per heavy atom. The van der Waals surface area contributed by atoms with E-state index in [0.717, 1.165) is 0 Å². The van der Waals surface area contributed by atoms with Gasteiger partial charge in [0.1, 0.15) is 0 Å². The van der Waals surface area contributed by atoms with Gasteiger partial charge in [-0.1, -0.05) is 46.4 Å². The van der Waals surface area contributed by atoms with Gasteiger partial charge in [-0.3, -0.25) is 0 Å². The first-order valence-electron chi connectivity index (χ1n) is 5.74. The maximum absolute atomic E-state index is 3.74. The van der Waals surface area contributed by atoms with E-state index < -0.39 is 0 Å². The highest BCUT2D eigenvalue weighted by Gasteiger charge is 2.00. The molecule has 1 N–H and O–H groups in total. The van der Waals surface area contributed by atoms with Crippen LogP contribution in [-0.4, -0.2) is 7.05 Å². The molecule has 0 saturated carbocycles. The van der Waals surface area contributed by atoms with Crippen LogP contribution in [0.15, 0.2) is 37.1 Å². The van der Waals surface area contributed by atoms with Gasteiger partial charge in [0.2, 0.25) is 0 Å². The smallest absolute Gasteiger partial charge is 0.00278 e. The molecule has 0 aromatic carbocycles. The molecule has 0 aliphatic rings. The van der Waals surface area contributed by atoms with Crippen molar-refractivity contribution in [1.82, 2.24) is 5.32 Å². The van der Waals surface area contributed by atoms with Gasteiger partial charge in [0.05, 0.1) is 0 Å². The van der Waals surface area contributed by atoms with Gasteiger partial charge in [-0.05, 0) is 31.0 Å². The Morgan fingerprint density at radius 2 is 1.73 bits per heavy atom. The Balaban J connectivity index is -0.000000245. The lowest BCUT2D eigenvalue weighted by atomic mass is 10.00. The van der Waals surface area contributed by atoms with Crippen LogP contribution < -0.4 is 5.32 Å². The van der Waals surface area contributed by atoms with Crippen molar-refractivity contribution in [3.05, 3.63) is 37.1 Å². The second-order valence-corrected chi connectivity index (χ2v) is 2.85. The van der Waals surface area contributed by atoms with Gasteiger partial charge in [-0.25, -0.2) is 0 Å². The Bertz CT molecular complexity index is 157. The van der Waals surface area contributed by atoms with Gasteiger partial charge < -0.3 is 5.32 Å². The second kappa shape index (κ2) is 18.7. The maximum atomic E-state index is 3.74. The van der Waals surface area contributed by atoms with Gasteiger partial charge in [0, 0.05) is 7.05 Å². The van der Waals surface area contributed by atoms with Crippen LogP contribution in [0.2, 0.25) is 0 Å². The van der Waals surface area contributed by atoms with Crippen LogP contribution in [0.25, 0.3) is 0 Å². The molecular weight excluding hydrogens is 182 g/mol. The summed E-state index contributed by atoms with van der Waals surface area (Å²) in [7, 11) is 1.91. The SMILES string of the molecule is C=C/C(=C/NC)C(C)CC.C=CC.CC. The van der Waals surface area contributed by atoms with Crippen molar-refractivity contribution in [3.8, 4) is 0 Å². The maximum Gasteiger partial charge on any atom is 0.00278 e. The predicted octanol–water partition coefficient (Wildman–Crippen LogP) is 4.54. The highest BCUT2D eigenvalue weighted by atomic mass is 14.8. The van der Waals surface area contributed by atoms with E-state index in [9.17, 15) is 0 Å². The lowest BCUT2D eigenvalue weighted by molar-refractivity contribution is 0.665. The summed E-state index contributed by atoms with van der Waals surface area (Å²) in [6.45, 7) is 17.4. The summed E-state index contributed by atoms with van der Waals surface area (Å²) < 4.78 is 0. The molecule has 90 valence electrons. The summed E-state index contributed by atoms with van der Waals surface area (Å²) in [5.74, 6) is 0.616. The fraction of sp³-hybridized carbons (Fsp3) is 0.571. The zero-order chi connectivity index (χ0) is 12.7. The third kappa shape index (κ3) is 15.7. The number of nitrogens with one attached hydrogen (secondary N) is 1. The van der Waals surface area contributed by atoms with Crippen LogP contribution in [-0.2, 0) is 0 Å². The molecule has 0 bridgehead atoms. The molecule has 0 aromatic heterocycles. The van der Waals surface area contributed by atoms with E-state index in [1.165, 1.54) is 12.0 Å². The molecule has 0 rings (SSSR count). The fourth-order valence-corrected chi connectivity index (χ4v) is 0.805. The molecular formula is C14H29N. The molecule has 0 aliphatic heterocycles. The molecule has 0 fully saturated rings. The first-order chi connectivity index (χ1) is 7.17. The molecule has 0 aromatic rings. The largest absolute Gasteiger partial charge is 0.394 e. The Hall–Kier alpha value is -0.980. The quantitative estimate of drug-likeness (QED) is 0.532. The van der Waals surface area contributed by atoms with E-state index in [-0.39, 0.29) is 0 Å². The predicted molar refractivity (Wildman–Crippen MR) is 74.0 cm³/mol. The molecule has 15 heavy (non-hydrogen) atoms. The summed E-state index contributed by atoms with van der Waals surface area (Å²) >= 11 is 0. The minimum Gasteiger partial charge on any atom is -0.394 e. The van der Waals surface area contributed by atoms with Crippen molar-refractivity contribution in [1.29, 1.82) is 0 Å². The average molecular weight is 211 g/mol. The Labute approximate surface area is 97.0 Å². The Kier molecular flexibility index (Phi) is 24.4. The van der Waals surface area contributed by atoms with Crippen molar-refractivity contribution >= 4 is 0 Å². The molecule has 0 heterocycles.